The number of carbonyl (C=O) groups is 1. The largest absolute Gasteiger partial charge is 0.469 e. The van der Waals surface area contributed by atoms with Crippen molar-refractivity contribution in [1.82, 2.24) is 9.97 Å². The molecule has 1 aromatic rings. The fraction of sp³-hybridized carbons (Fsp3) is 0.545. The van der Waals surface area contributed by atoms with Crippen LogP contribution in [0.15, 0.2) is 0 Å². The van der Waals surface area contributed by atoms with E-state index in [2.05, 4.69) is 14.7 Å². The molecule has 0 radical (unpaired) electrons. The Morgan fingerprint density at radius 1 is 1.29 bits per heavy atom. The van der Waals surface area contributed by atoms with Crippen molar-refractivity contribution in [2.45, 2.75) is 32.6 Å². The first kappa shape index (κ1) is 14.2. The molecular formula is C11H14Cl2N2O2. The molecule has 0 atom stereocenters. The first-order chi connectivity index (χ1) is 7.95. The van der Waals surface area contributed by atoms with Gasteiger partial charge in [0.25, 0.3) is 0 Å². The number of carbonyl (C=O) groups excluding carboxylic acids is 1. The Morgan fingerprint density at radius 3 is 2.47 bits per heavy atom. The highest BCUT2D eigenvalue weighted by Gasteiger charge is 2.14. The van der Waals surface area contributed by atoms with Gasteiger partial charge in [0.1, 0.15) is 0 Å². The molecule has 0 aliphatic rings. The van der Waals surface area contributed by atoms with Crippen molar-refractivity contribution in [2.75, 3.05) is 7.11 Å². The molecule has 0 saturated carbocycles. The van der Waals surface area contributed by atoms with Crippen molar-refractivity contribution in [2.24, 2.45) is 0 Å². The lowest BCUT2D eigenvalue weighted by Crippen LogP contribution is -2.06. The van der Waals surface area contributed by atoms with E-state index in [0.29, 0.717) is 28.1 Å². The molecule has 17 heavy (non-hydrogen) atoms. The summed E-state index contributed by atoms with van der Waals surface area (Å²) in [7, 11) is 1.34. The molecule has 1 rings (SSSR count). The second-order valence-electron chi connectivity index (χ2n) is 3.87. The molecule has 0 bridgehead atoms. The lowest BCUT2D eigenvalue weighted by atomic mass is 10.1. The third-order valence-electron chi connectivity index (χ3n) is 2.24. The van der Waals surface area contributed by atoms with Crippen molar-refractivity contribution in [3.63, 3.8) is 0 Å². The highest BCUT2D eigenvalue weighted by atomic mass is 35.5. The third-order valence-corrected chi connectivity index (χ3v) is 2.82. The van der Waals surface area contributed by atoms with Crippen LogP contribution in [-0.4, -0.2) is 23.0 Å². The maximum atomic E-state index is 11.0. The van der Waals surface area contributed by atoms with Gasteiger partial charge in [-0.1, -0.05) is 37.0 Å². The number of hydrogen-bond donors (Lipinski definition) is 0. The van der Waals surface area contributed by atoms with Gasteiger partial charge in [-0.15, -0.1) is 0 Å². The molecule has 0 amide bonds. The van der Waals surface area contributed by atoms with E-state index in [1.807, 2.05) is 13.8 Å². The van der Waals surface area contributed by atoms with E-state index in [-0.39, 0.29) is 18.3 Å². The summed E-state index contributed by atoms with van der Waals surface area (Å²) < 4.78 is 4.54. The number of nitrogens with zero attached hydrogens (tertiary/aromatic N) is 2. The number of hydrogen-bond acceptors (Lipinski definition) is 4. The highest BCUT2D eigenvalue weighted by Crippen LogP contribution is 2.24. The summed E-state index contributed by atoms with van der Waals surface area (Å²) in [6, 6.07) is 0. The Labute approximate surface area is 110 Å². The van der Waals surface area contributed by atoms with E-state index >= 15 is 0 Å². The monoisotopic (exact) mass is 276 g/mol. The van der Waals surface area contributed by atoms with Crippen LogP contribution in [0.25, 0.3) is 0 Å². The lowest BCUT2D eigenvalue weighted by molar-refractivity contribution is -0.140. The van der Waals surface area contributed by atoms with Crippen LogP contribution >= 0.6 is 23.2 Å². The van der Waals surface area contributed by atoms with Gasteiger partial charge in [-0.3, -0.25) is 4.79 Å². The zero-order valence-corrected chi connectivity index (χ0v) is 11.5. The first-order valence-corrected chi connectivity index (χ1v) is 6.00. The normalized spacial score (nSPS) is 10.7. The van der Waals surface area contributed by atoms with Gasteiger partial charge in [-0.2, -0.15) is 0 Å². The smallest absolute Gasteiger partial charge is 0.305 e. The summed E-state index contributed by atoms with van der Waals surface area (Å²) >= 11 is 12.0. The van der Waals surface area contributed by atoms with Crippen LogP contribution in [0.3, 0.4) is 0 Å². The molecule has 6 heteroatoms. The van der Waals surface area contributed by atoms with Crippen LogP contribution in [0, 0.1) is 0 Å². The minimum absolute atomic E-state index is 0.155. The van der Waals surface area contributed by atoms with Gasteiger partial charge in [0, 0.05) is 6.42 Å². The predicted molar refractivity (Wildman–Crippen MR) is 66.5 cm³/mol. The van der Waals surface area contributed by atoms with E-state index in [1.54, 1.807) is 0 Å². The maximum absolute atomic E-state index is 11.0. The number of rotatable bonds is 4. The minimum Gasteiger partial charge on any atom is -0.469 e. The second kappa shape index (κ2) is 6.17. The van der Waals surface area contributed by atoms with Crippen molar-refractivity contribution in [3.8, 4) is 0 Å². The molecule has 0 aromatic carbocycles. The topological polar surface area (TPSA) is 52.1 Å². The number of halogens is 2. The van der Waals surface area contributed by atoms with Crippen molar-refractivity contribution >= 4 is 29.2 Å². The Balaban J connectivity index is 2.88. The molecule has 4 nitrogen and oxygen atoms in total. The molecule has 0 unspecified atom stereocenters. The molecule has 0 saturated heterocycles. The molecule has 1 aromatic heterocycles. The predicted octanol–water partition coefficient (Wildman–Crippen LogP) is 3.01. The summed E-state index contributed by atoms with van der Waals surface area (Å²) in [5, 5.41) is 0.631. The van der Waals surface area contributed by atoms with Crippen LogP contribution in [0.1, 0.15) is 37.6 Å². The number of aryl methyl sites for hydroxylation is 1. The Hall–Kier alpha value is -0.870. The quantitative estimate of drug-likeness (QED) is 0.794. The average Bonchev–Trinajstić information content (AvgIpc) is 2.28. The van der Waals surface area contributed by atoms with Crippen LogP contribution in [0.2, 0.25) is 10.3 Å². The second-order valence-corrected chi connectivity index (χ2v) is 4.58. The van der Waals surface area contributed by atoms with E-state index in [4.69, 9.17) is 23.2 Å². The number of ether oxygens (including phenoxy) is 1. The molecular weight excluding hydrogens is 263 g/mol. The number of methoxy groups -OCH3 is 1. The van der Waals surface area contributed by atoms with Gasteiger partial charge < -0.3 is 4.74 Å². The van der Waals surface area contributed by atoms with Gasteiger partial charge in [-0.25, -0.2) is 9.97 Å². The van der Waals surface area contributed by atoms with Gasteiger partial charge >= 0.3 is 5.97 Å². The third kappa shape index (κ3) is 3.82. The van der Waals surface area contributed by atoms with E-state index < -0.39 is 0 Å². The van der Waals surface area contributed by atoms with E-state index in [1.165, 1.54) is 7.11 Å². The van der Waals surface area contributed by atoms with Crippen LogP contribution in [0.5, 0.6) is 0 Å². The summed E-state index contributed by atoms with van der Waals surface area (Å²) in [5.74, 6) is -0.158. The summed E-state index contributed by atoms with van der Waals surface area (Å²) in [6.07, 6.45) is 0.582. The fourth-order valence-corrected chi connectivity index (χ4v) is 1.88. The number of aromatic nitrogens is 2. The van der Waals surface area contributed by atoms with E-state index in [0.717, 1.165) is 0 Å². The standard InChI is InChI=1S/C11H14Cl2N2O2/c1-6(2)9-11(13)14-7(10(12)15-9)4-5-8(16)17-3/h6H,4-5H2,1-3H3. The van der Waals surface area contributed by atoms with Gasteiger partial charge in [0.2, 0.25) is 0 Å². The maximum Gasteiger partial charge on any atom is 0.305 e. The molecule has 0 aliphatic carbocycles. The van der Waals surface area contributed by atoms with Gasteiger partial charge in [-0.05, 0) is 5.92 Å². The van der Waals surface area contributed by atoms with Crippen LogP contribution in [-0.2, 0) is 16.0 Å². The lowest BCUT2D eigenvalue weighted by Gasteiger charge is -2.09. The Bertz CT molecular complexity index is 422. The minimum atomic E-state index is -0.313. The molecule has 0 spiro atoms. The molecule has 0 fully saturated rings. The van der Waals surface area contributed by atoms with Crippen molar-refractivity contribution < 1.29 is 9.53 Å². The van der Waals surface area contributed by atoms with Crippen molar-refractivity contribution in [3.05, 3.63) is 21.7 Å². The number of esters is 1. The Morgan fingerprint density at radius 2 is 1.94 bits per heavy atom. The zero-order chi connectivity index (χ0) is 13.0. The average molecular weight is 277 g/mol. The molecule has 94 valence electrons. The SMILES string of the molecule is COC(=O)CCc1nc(Cl)c(C(C)C)nc1Cl. The highest BCUT2D eigenvalue weighted by molar-refractivity contribution is 6.32. The van der Waals surface area contributed by atoms with Crippen LogP contribution in [0.4, 0.5) is 0 Å². The summed E-state index contributed by atoms with van der Waals surface area (Å²) in [4.78, 5) is 19.4. The van der Waals surface area contributed by atoms with E-state index in [9.17, 15) is 4.79 Å². The fourth-order valence-electron chi connectivity index (χ4n) is 1.29. The van der Waals surface area contributed by atoms with Crippen LogP contribution < -0.4 is 0 Å². The van der Waals surface area contributed by atoms with Gasteiger partial charge in [0.05, 0.1) is 24.9 Å². The van der Waals surface area contributed by atoms with Crippen molar-refractivity contribution in [1.29, 1.82) is 0 Å². The zero-order valence-electron chi connectivity index (χ0n) is 9.96. The van der Waals surface area contributed by atoms with Gasteiger partial charge in [0.15, 0.2) is 10.3 Å². The molecule has 1 heterocycles. The first-order valence-electron chi connectivity index (χ1n) is 5.24. The summed E-state index contributed by atoms with van der Waals surface area (Å²) in [6.45, 7) is 3.92. The molecule has 0 N–H and O–H groups in total. The summed E-state index contributed by atoms with van der Waals surface area (Å²) in [5.41, 5.74) is 1.19. The Kier molecular flexibility index (Phi) is 5.15. The molecule has 0 aliphatic heterocycles.